The van der Waals surface area contributed by atoms with E-state index >= 15 is 0 Å². The Morgan fingerprint density at radius 2 is 1.81 bits per heavy atom. The van der Waals surface area contributed by atoms with Gasteiger partial charge in [0.05, 0.1) is 32.9 Å². The molecule has 1 aliphatic rings. The minimum absolute atomic E-state index is 0.283. The Balaban J connectivity index is 1.51. The second kappa shape index (κ2) is 9.75. The van der Waals surface area contributed by atoms with Crippen LogP contribution in [0, 0.1) is 6.92 Å². The smallest absolute Gasteiger partial charge is 0.270 e. The van der Waals surface area contributed by atoms with Gasteiger partial charge >= 0.3 is 0 Å². The fourth-order valence-corrected chi connectivity index (χ4v) is 5.95. The van der Waals surface area contributed by atoms with Crippen molar-refractivity contribution in [2.75, 3.05) is 15.5 Å². The Labute approximate surface area is 225 Å². The number of nitrogens with zero attached hydrogens (tertiary/aromatic N) is 1. The molecule has 1 atom stereocenters. The summed E-state index contributed by atoms with van der Waals surface area (Å²) in [6.07, 6.45) is -0.284. The number of carbonyl (C=O) groups excluding carboxylic acids is 3. The van der Waals surface area contributed by atoms with Gasteiger partial charge in [0.25, 0.3) is 5.91 Å². The van der Waals surface area contributed by atoms with Crippen LogP contribution in [0.1, 0.15) is 21.7 Å². The molecule has 0 saturated carbocycles. The number of amides is 3. The number of nitrogens with one attached hydrogen (secondary N) is 2. The highest BCUT2D eigenvalue weighted by Gasteiger charge is 2.39. The van der Waals surface area contributed by atoms with Gasteiger partial charge in [0.1, 0.15) is 10.9 Å². The van der Waals surface area contributed by atoms with E-state index < -0.39 is 23.8 Å². The first-order valence-corrected chi connectivity index (χ1v) is 12.8. The highest BCUT2D eigenvalue weighted by atomic mass is 35.5. The van der Waals surface area contributed by atoms with Crippen LogP contribution >= 0.6 is 46.1 Å². The summed E-state index contributed by atoms with van der Waals surface area (Å²) in [7, 11) is 0. The van der Waals surface area contributed by atoms with Crippen molar-refractivity contribution in [2.45, 2.75) is 19.4 Å². The summed E-state index contributed by atoms with van der Waals surface area (Å²) in [5.41, 5.74) is 2.43. The molecule has 0 spiro atoms. The topological polar surface area (TPSA) is 78.5 Å². The summed E-state index contributed by atoms with van der Waals surface area (Å²) in [4.78, 5) is 41.7. The van der Waals surface area contributed by atoms with Crippen LogP contribution in [-0.4, -0.2) is 23.8 Å². The Hall–Kier alpha value is -3.10. The molecule has 3 amide bonds. The fraction of sp³-hybridized carbons (Fsp3) is 0.115. The second-order valence-corrected chi connectivity index (χ2v) is 10.6. The number of thiophene rings is 1. The first-order valence-electron chi connectivity index (χ1n) is 10.9. The van der Waals surface area contributed by atoms with Crippen LogP contribution in [0.3, 0.4) is 0 Å². The normalized spacial score (nSPS) is 14.9. The largest absolute Gasteiger partial charge is 0.326 e. The van der Waals surface area contributed by atoms with Gasteiger partial charge in [0, 0.05) is 15.8 Å². The van der Waals surface area contributed by atoms with Crippen LogP contribution in [-0.2, 0) is 9.59 Å². The molecule has 3 aromatic carbocycles. The average molecular weight is 559 g/mol. The second-order valence-electron chi connectivity index (χ2n) is 8.32. The van der Waals surface area contributed by atoms with E-state index in [9.17, 15) is 14.4 Å². The van der Waals surface area contributed by atoms with E-state index in [-0.39, 0.29) is 11.4 Å². The highest BCUT2D eigenvalue weighted by molar-refractivity contribution is 7.21. The van der Waals surface area contributed by atoms with Gasteiger partial charge < -0.3 is 10.6 Å². The van der Waals surface area contributed by atoms with Crippen molar-refractivity contribution in [3.63, 3.8) is 0 Å². The van der Waals surface area contributed by atoms with Crippen LogP contribution in [0.5, 0.6) is 0 Å². The lowest BCUT2D eigenvalue weighted by Gasteiger charge is -2.36. The van der Waals surface area contributed by atoms with Gasteiger partial charge in [-0.2, -0.15) is 0 Å². The molecular formula is C26H18Cl3N3O3S. The quantitative estimate of drug-likeness (QED) is 0.279. The first kappa shape index (κ1) is 24.6. The van der Waals surface area contributed by atoms with Gasteiger partial charge in [-0.15, -0.1) is 11.3 Å². The summed E-state index contributed by atoms with van der Waals surface area (Å²) in [5.74, 6) is -1.39. The number of rotatable bonds is 4. The maximum atomic E-state index is 13.9. The van der Waals surface area contributed by atoms with Crippen LogP contribution in [0.2, 0.25) is 15.1 Å². The number of aryl methyl sites for hydroxylation is 1. The molecule has 1 aliphatic heterocycles. The molecule has 1 aromatic heterocycles. The average Bonchev–Trinajstić information content (AvgIpc) is 3.17. The molecule has 0 aliphatic carbocycles. The molecule has 4 aromatic rings. The molecule has 0 unspecified atom stereocenters. The SMILES string of the molecule is Cc1ccc2c(Cl)c(C(=O)N3c4ccccc4NC(=O)[C@@H]3CC(=O)Nc3ccc(Cl)c(Cl)c3)sc2c1. The third kappa shape index (κ3) is 4.55. The molecule has 0 saturated heterocycles. The zero-order valence-corrected chi connectivity index (χ0v) is 21.9. The van der Waals surface area contributed by atoms with E-state index in [0.717, 1.165) is 15.6 Å². The van der Waals surface area contributed by atoms with Gasteiger partial charge in [0.2, 0.25) is 11.8 Å². The maximum Gasteiger partial charge on any atom is 0.270 e. The molecule has 0 bridgehead atoms. The van der Waals surface area contributed by atoms with E-state index in [1.54, 1.807) is 36.4 Å². The summed E-state index contributed by atoms with van der Waals surface area (Å²) in [6, 6.07) is 16.3. The summed E-state index contributed by atoms with van der Waals surface area (Å²) in [6.45, 7) is 1.96. The van der Waals surface area contributed by atoms with Crippen molar-refractivity contribution in [1.29, 1.82) is 0 Å². The van der Waals surface area contributed by atoms with Crippen LogP contribution in [0.15, 0.2) is 60.7 Å². The number of fused-ring (bicyclic) bond motifs is 2. The number of anilines is 3. The molecule has 2 N–H and O–H groups in total. The third-order valence-corrected chi connectivity index (χ3v) is 8.20. The van der Waals surface area contributed by atoms with Gasteiger partial charge in [-0.3, -0.25) is 19.3 Å². The standard InChI is InChI=1S/C26H18Cl3N3O3S/c1-13-6-8-15-21(10-13)36-24(23(15)29)26(35)32-19-5-3-2-4-18(19)31-25(34)20(32)12-22(33)30-14-7-9-16(27)17(28)11-14/h2-11,20H,12H2,1H3,(H,30,33)(H,31,34)/t20-/m0/s1. The highest BCUT2D eigenvalue weighted by Crippen LogP contribution is 2.40. The van der Waals surface area contributed by atoms with E-state index in [1.807, 2.05) is 25.1 Å². The summed E-state index contributed by atoms with van der Waals surface area (Å²) >= 11 is 19.9. The summed E-state index contributed by atoms with van der Waals surface area (Å²) < 4.78 is 0.868. The predicted octanol–water partition coefficient (Wildman–Crippen LogP) is 7.17. The molecule has 0 fully saturated rings. The lowest BCUT2D eigenvalue weighted by atomic mass is 10.0. The Morgan fingerprint density at radius 1 is 1.03 bits per heavy atom. The predicted molar refractivity (Wildman–Crippen MR) is 147 cm³/mol. The minimum Gasteiger partial charge on any atom is -0.326 e. The monoisotopic (exact) mass is 557 g/mol. The van der Waals surface area contributed by atoms with Crippen molar-refractivity contribution >= 4 is 91.0 Å². The Kier molecular flexibility index (Phi) is 6.66. The molecule has 182 valence electrons. The van der Waals surface area contributed by atoms with Gasteiger partial charge in [-0.1, -0.05) is 59.1 Å². The minimum atomic E-state index is -1.10. The Bertz CT molecular complexity index is 1550. The maximum absolute atomic E-state index is 13.9. The molecule has 6 nitrogen and oxygen atoms in total. The number of hydrogen-bond acceptors (Lipinski definition) is 4. The van der Waals surface area contributed by atoms with Crippen molar-refractivity contribution < 1.29 is 14.4 Å². The van der Waals surface area contributed by atoms with E-state index in [4.69, 9.17) is 34.8 Å². The van der Waals surface area contributed by atoms with E-state index in [1.165, 1.54) is 22.3 Å². The van der Waals surface area contributed by atoms with Gasteiger partial charge in [0.15, 0.2) is 0 Å². The number of para-hydroxylation sites is 2. The van der Waals surface area contributed by atoms with Crippen molar-refractivity contribution in [1.82, 2.24) is 0 Å². The molecular weight excluding hydrogens is 541 g/mol. The first-order chi connectivity index (χ1) is 17.2. The molecule has 5 rings (SSSR count). The van der Waals surface area contributed by atoms with Gasteiger partial charge in [-0.25, -0.2) is 0 Å². The molecule has 10 heteroatoms. The lowest BCUT2D eigenvalue weighted by Crippen LogP contribution is -2.52. The molecule has 0 radical (unpaired) electrons. The molecule has 36 heavy (non-hydrogen) atoms. The number of halogens is 3. The zero-order valence-electron chi connectivity index (χ0n) is 18.8. The van der Waals surface area contributed by atoms with E-state index in [2.05, 4.69) is 10.6 Å². The zero-order chi connectivity index (χ0) is 25.6. The lowest BCUT2D eigenvalue weighted by molar-refractivity contribution is -0.122. The number of carbonyl (C=O) groups is 3. The van der Waals surface area contributed by atoms with E-state index in [0.29, 0.717) is 32.0 Å². The van der Waals surface area contributed by atoms with Gasteiger partial charge in [-0.05, 0) is 48.9 Å². The van der Waals surface area contributed by atoms with Crippen LogP contribution in [0.25, 0.3) is 10.1 Å². The van der Waals surface area contributed by atoms with Crippen LogP contribution < -0.4 is 15.5 Å². The molecule has 2 heterocycles. The fourth-order valence-electron chi connectivity index (χ4n) is 4.11. The number of benzene rings is 3. The van der Waals surface area contributed by atoms with Crippen LogP contribution in [0.4, 0.5) is 17.1 Å². The summed E-state index contributed by atoms with van der Waals surface area (Å²) in [5, 5.41) is 7.24. The third-order valence-electron chi connectivity index (χ3n) is 5.82. The van der Waals surface area contributed by atoms with Crippen molar-refractivity contribution in [2.24, 2.45) is 0 Å². The van der Waals surface area contributed by atoms with Crippen molar-refractivity contribution in [3.8, 4) is 0 Å². The number of hydrogen-bond donors (Lipinski definition) is 2. The Morgan fingerprint density at radius 3 is 2.58 bits per heavy atom. The van der Waals surface area contributed by atoms with Crippen molar-refractivity contribution in [3.05, 3.63) is 86.2 Å².